The molecule has 0 saturated carbocycles. The molecule has 3 aliphatic heterocycles. The number of aromatic nitrogens is 1. The van der Waals surface area contributed by atoms with E-state index in [0.29, 0.717) is 29.7 Å². The average Bonchev–Trinajstić information content (AvgIpc) is 3.19. The summed E-state index contributed by atoms with van der Waals surface area (Å²) in [6.45, 7) is 3.72. The first kappa shape index (κ1) is 12.4. The van der Waals surface area contributed by atoms with E-state index in [9.17, 15) is 4.79 Å². The van der Waals surface area contributed by atoms with Gasteiger partial charge in [-0.05, 0) is 19.3 Å². The summed E-state index contributed by atoms with van der Waals surface area (Å²) in [7, 11) is 0. The van der Waals surface area contributed by atoms with Crippen LogP contribution in [0.15, 0.2) is 10.6 Å². The van der Waals surface area contributed by atoms with Crippen LogP contribution in [-0.4, -0.2) is 41.3 Å². The van der Waals surface area contributed by atoms with Crippen LogP contribution in [0.2, 0.25) is 0 Å². The van der Waals surface area contributed by atoms with Crippen LogP contribution in [0, 0.1) is 11.8 Å². The first-order valence-corrected chi connectivity index (χ1v) is 7.66. The SMILES string of the molecule is CCCc1cc(C(=O)N2C[C@@H]3[C@H](C2)[C@H]2CC[C@@H]3O2)no1. The van der Waals surface area contributed by atoms with E-state index in [1.54, 1.807) is 6.07 Å². The highest BCUT2D eigenvalue weighted by Gasteiger charge is 2.53. The Bertz CT molecular complexity index is 509. The number of amides is 1. The highest BCUT2D eigenvalue weighted by Crippen LogP contribution is 2.47. The van der Waals surface area contributed by atoms with Crippen molar-refractivity contribution in [2.75, 3.05) is 13.1 Å². The molecule has 3 fully saturated rings. The Hall–Kier alpha value is -1.36. The summed E-state index contributed by atoms with van der Waals surface area (Å²) in [5, 5.41) is 3.93. The van der Waals surface area contributed by atoms with E-state index in [1.807, 2.05) is 4.90 Å². The number of carbonyl (C=O) groups is 1. The Kier molecular flexibility index (Phi) is 2.84. The predicted molar refractivity (Wildman–Crippen MR) is 71.3 cm³/mol. The highest BCUT2D eigenvalue weighted by atomic mass is 16.5. The highest BCUT2D eigenvalue weighted by molar-refractivity contribution is 5.92. The second kappa shape index (κ2) is 4.58. The van der Waals surface area contributed by atoms with Gasteiger partial charge in [0.1, 0.15) is 5.76 Å². The molecule has 2 bridgehead atoms. The van der Waals surface area contributed by atoms with Gasteiger partial charge in [0.25, 0.3) is 5.91 Å². The first-order valence-electron chi connectivity index (χ1n) is 7.66. The molecule has 3 aliphatic rings. The fourth-order valence-electron chi connectivity index (χ4n) is 4.07. The largest absolute Gasteiger partial charge is 0.374 e. The average molecular weight is 276 g/mol. The van der Waals surface area contributed by atoms with Gasteiger partial charge in [-0.25, -0.2) is 0 Å². The molecule has 4 atom stereocenters. The predicted octanol–water partition coefficient (Wildman–Crippen LogP) is 1.88. The minimum Gasteiger partial charge on any atom is -0.374 e. The number of carbonyl (C=O) groups excluding carboxylic acids is 1. The van der Waals surface area contributed by atoms with Gasteiger partial charge in [0.2, 0.25) is 0 Å². The topological polar surface area (TPSA) is 55.6 Å². The smallest absolute Gasteiger partial charge is 0.276 e. The molecular weight excluding hydrogens is 256 g/mol. The second-order valence-corrected chi connectivity index (χ2v) is 6.26. The molecule has 4 heterocycles. The standard InChI is InChI=1S/C15H20N2O3/c1-2-3-9-6-12(16-20-9)15(18)17-7-10-11(8-17)14-5-4-13(10)19-14/h6,10-11,13-14H,2-5,7-8H2,1H3/t10-,11+,13+,14-. The van der Waals surface area contributed by atoms with Crippen molar-refractivity contribution < 1.29 is 14.1 Å². The number of ether oxygens (including phenoxy) is 1. The Morgan fingerprint density at radius 3 is 2.70 bits per heavy atom. The van der Waals surface area contributed by atoms with E-state index < -0.39 is 0 Å². The maximum atomic E-state index is 12.5. The van der Waals surface area contributed by atoms with Crippen molar-refractivity contribution in [3.8, 4) is 0 Å². The molecule has 0 unspecified atom stereocenters. The number of aryl methyl sites for hydroxylation is 1. The third-order valence-electron chi connectivity index (χ3n) is 5.01. The minimum absolute atomic E-state index is 0.0184. The molecule has 3 saturated heterocycles. The van der Waals surface area contributed by atoms with E-state index in [-0.39, 0.29) is 5.91 Å². The van der Waals surface area contributed by atoms with Gasteiger partial charge in [-0.15, -0.1) is 0 Å². The van der Waals surface area contributed by atoms with Crippen molar-refractivity contribution in [3.05, 3.63) is 17.5 Å². The molecule has 4 rings (SSSR count). The van der Waals surface area contributed by atoms with Gasteiger partial charge in [-0.3, -0.25) is 4.79 Å². The monoisotopic (exact) mass is 276 g/mol. The van der Waals surface area contributed by atoms with Crippen LogP contribution in [-0.2, 0) is 11.2 Å². The minimum atomic E-state index is 0.0184. The third kappa shape index (κ3) is 1.79. The number of hydrogen-bond acceptors (Lipinski definition) is 4. The maximum absolute atomic E-state index is 12.5. The van der Waals surface area contributed by atoms with Gasteiger partial charge in [-0.2, -0.15) is 0 Å². The van der Waals surface area contributed by atoms with E-state index in [0.717, 1.165) is 31.7 Å². The normalized spacial score (nSPS) is 34.8. The van der Waals surface area contributed by atoms with E-state index in [2.05, 4.69) is 12.1 Å². The third-order valence-corrected chi connectivity index (χ3v) is 5.01. The second-order valence-electron chi connectivity index (χ2n) is 6.26. The number of fused-ring (bicyclic) bond motifs is 5. The lowest BCUT2D eigenvalue weighted by Crippen LogP contribution is -2.31. The fraction of sp³-hybridized carbons (Fsp3) is 0.733. The van der Waals surface area contributed by atoms with Crippen LogP contribution in [0.4, 0.5) is 0 Å². The summed E-state index contributed by atoms with van der Waals surface area (Å²) >= 11 is 0. The van der Waals surface area contributed by atoms with Gasteiger partial charge in [0.05, 0.1) is 12.2 Å². The summed E-state index contributed by atoms with van der Waals surface area (Å²) in [6.07, 6.45) is 4.93. The summed E-state index contributed by atoms with van der Waals surface area (Å²) in [6, 6.07) is 1.80. The molecule has 108 valence electrons. The molecule has 0 spiro atoms. The van der Waals surface area contributed by atoms with E-state index in [1.165, 1.54) is 12.8 Å². The van der Waals surface area contributed by atoms with Crippen molar-refractivity contribution in [1.29, 1.82) is 0 Å². The summed E-state index contributed by atoms with van der Waals surface area (Å²) in [4.78, 5) is 14.4. The van der Waals surface area contributed by atoms with Crippen molar-refractivity contribution in [2.45, 2.75) is 44.8 Å². The maximum Gasteiger partial charge on any atom is 0.276 e. The molecule has 1 amide bonds. The first-order chi connectivity index (χ1) is 9.76. The number of nitrogens with zero attached hydrogens (tertiary/aromatic N) is 2. The van der Waals surface area contributed by atoms with Gasteiger partial charge >= 0.3 is 0 Å². The molecule has 0 radical (unpaired) electrons. The Balaban J connectivity index is 1.47. The molecule has 0 aromatic carbocycles. The van der Waals surface area contributed by atoms with Crippen LogP contribution < -0.4 is 0 Å². The Morgan fingerprint density at radius 2 is 2.05 bits per heavy atom. The molecule has 1 aromatic rings. The van der Waals surface area contributed by atoms with Gasteiger partial charge in [0.15, 0.2) is 5.69 Å². The Labute approximate surface area is 118 Å². The van der Waals surface area contributed by atoms with Crippen molar-refractivity contribution in [3.63, 3.8) is 0 Å². The fourth-order valence-corrected chi connectivity index (χ4v) is 4.07. The van der Waals surface area contributed by atoms with Gasteiger partial charge < -0.3 is 14.2 Å². The zero-order valence-corrected chi connectivity index (χ0v) is 11.7. The number of hydrogen-bond donors (Lipinski definition) is 0. The van der Waals surface area contributed by atoms with Crippen LogP contribution in [0.5, 0.6) is 0 Å². The van der Waals surface area contributed by atoms with Crippen LogP contribution in [0.25, 0.3) is 0 Å². The van der Waals surface area contributed by atoms with Crippen LogP contribution in [0.3, 0.4) is 0 Å². The van der Waals surface area contributed by atoms with E-state index in [4.69, 9.17) is 9.26 Å². The van der Waals surface area contributed by atoms with Gasteiger partial charge in [-0.1, -0.05) is 12.1 Å². The number of likely N-dealkylation sites (tertiary alicyclic amines) is 1. The zero-order chi connectivity index (χ0) is 13.7. The van der Waals surface area contributed by atoms with E-state index >= 15 is 0 Å². The molecular formula is C15H20N2O3. The molecule has 1 aromatic heterocycles. The quantitative estimate of drug-likeness (QED) is 0.846. The van der Waals surface area contributed by atoms with Crippen molar-refractivity contribution in [1.82, 2.24) is 10.1 Å². The summed E-state index contributed by atoms with van der Waals surface area (Å²) < 4.78 is 11.1. The number of rotatable bonds is 3. The lowest BCUT2D eigenvalue weighted by atomic mass is 9.82. The van der Waals surface area contributed by atoms with Gasteiger partial charge in [0, 0.05) is 37.4 Å². The molecule has 5 heteroatoms. The summed E-state index contributed by atoms with van der Waals surface area (Å²) in [5.41, 5.74) is 0.460. The molecule has 0 aliphatic carbocycles. The van der Waals surface area contributed by atoms with Crippen LogP contribution in [0.1, 0.15) is 42.4 Å². The van der Waals surface area contributed by atoms with Crippen molar-refractivity contribution >= 4 is 5.91 Å². The van der Waals surface area contributed by atoms with Crippen molar-refractivity contribution in [2.24, 2.45) is 11.8 Å². The van der Waals surface area contributed by atoms with Crippen LogP contribution >= 0.6 is 0 Å². The Morgan fingerprint density at radius 1 is 1.35 bits per heavy atom. The summed E-state index contributed by atoms with van der Waals surface area (Å²) in [5.74, 6) is 1.91. The zero-order valence-electron chi connectivity index (χ0n) is 11.7. The molecule has 20 heavy (non-hydrogen) atoms. The molecule has 0 N–H and O–H groups in total. The molecule has 5 nitrogen and oxygen atoms in total. The lowest BCUT2D eigenvalue weighted by molar-refractivity contribution is 0.0588. The lowest BCUT2D eigenvalue weighted by Gasteiger charge is -2.17.